The van der Waals surface area contributed by atoms with Crippen LogP contribution in [0.25, 0.3) is 11.5 Å². The predicted octanol–water partition coefficient (Wildman–Crippen LogP) is 1.24. The molecule has 1 fully saturated rings. The highest BCUT2D eigenvalue weighted by atomic mass is 16.5. The summed E-state index contributed by atoms with van der Waals surface area (Å²) in [4.78, 5) is 9.05. The summed E-state index contributed by atoms with van der Waals surface area (Å²) in [6.45, 7) is 2.96. The number of benzene rings is 1. The smallest absolute Gasteiger partial charge is 0.260 e. The summed E-state index contributed by atoms with van der Waals surface area (Å²) in [5.74, 6) is 1.21. The van der Waals surface area contributed by atoms with Crippen molar-refractivity contribution < 1.29 is 4.52 Å². The molecule has 3 rings (SSSR count). The normalized spacial score (nSPS) is 21.2. The van der Waals surface area contributed by atoms with Gasteiger partial charge in [0.25, 0.3) is 5.89 Å². The maximum atomic E-state index is 5.94. The molecular formula is C14H19N5O. The quantitative estimate of drug-likeness (QED) is 0.830. The maximum Gasteiger partial charge on any atom is 0.260 e. The highest BCUT2D eigenvalue weighted by Crippen LogP contribution is 2.27. The van der Waals surface area contributed by atoms with Crippen molar-refractivity contribution in [2.45, 2.75) is 6.04 Å². The van der Waals surface area contributed by atoms with E-state index in [1.54, 1.807) is 0 Å². The minimum atomic E-state index is 0.163. The van der Waals surface area contributed by atoms with Crippen molar-refractivity contribution in [1.29, 1.82) is 0 Å². The van der Waals surface area contributed by atoms with Gasteiger partial charge in [0.05, 0.1) is 11.6 Å². The summed E-state index contributed by atoms with van der Waals surface area (Å²) in [6, 6.07) is 7.69. The molecule has 0 radical (unpaired) electrons. The molecule has 2 heterocycles. The van der Waals surface area contributed by atoms with Crippen LogP contribution in [0.1, 0.15) is 11.9 Å². The lowest BCUT2D eigenvalue weighted by Gasteiger charge is -2.35. The Morgan fingerprint density at radius 2 is 2.05 bits per heavy atom. The molecule has 6 nitrogen and oxygen atoms in total. The van der Waals surface area contributed by atoms with Gasteiger partial charge in [-0.15, -0.1) is 0 Å². The number of anilines is 1. The van der Waals surface area contributed by atoms with Gasteiger partial charge in [-0.1, -0.05) is 17.3 Å². The number of hydrogen-bond donors (Lipinski definition) is 1. The van der Waals surface area contributed by atoms with E-state index < -0.39 is 0 Å². The molecule has 1 saturated heterocycles. The Kier molecular flexibility index (Phi) is 3.42. The first-order valence-electron chi connectivity index (χ1n) is 6.72. The third-order valence-corrected chi connectivity index (χ3v) is 3.78. The predicted molar refractivity (Wildman–Crippen MR) is 77.0 cm³/mol. The summed E-state index contributed by atoms with van der Waals surface area (Å²) in [6.07, 6.45) is 0. The first-order chi connectivity index (χ1) is 9.65. The summed E-state index contributed by atoms with van der Waals surface area (Å²) >= 11 is 0. The SMILES string of the molecule is CN1CCN(C)C(c2noc(-c3ccccc3N)n2)C1. The largest absolute Gasteiger partial charge is 0.398 e. The zero-order chi connectivity index (χ0) is 14.1. The molecule has 20 heavy (non-hydrogen) atoms. The Hall–Kier alpha value is -1.92. The minimum Gasteiger partial charge on any atom is -0.398 e. The lowest BCUT2D eigenvalue weighted by molar-refractivity contribution is 0.108. The van der Waals surface area contributed by atoms with Crippen molar-refractivity contribution in [1.82, 2.24) is 19.9 Å². The molecular weight excluding hydrogens is 254 g/mol. The second-order valence-corrected chi connectivity index (χ2v) is 5.30. The second-order valence-electron chi connectivity index (χ2n) is 5.30. The van der Waals surface area contributed by atoms with Crippen molar-refractivity contribution in [3.63, 3.8) is 0 Å². The molecule has 1 atom stereocenters. The van der Waals surface area contributed by atoms with Gasteiger partial charge in [0, 0.05) is 25.3 Å². The number of piperazine rings is 1. The third kappa shape index (κ3) is 2.39. The van der Waals surface area contributed by atoms with Gasteiger partial charge in [-0.25, -0.2) is 0 Å². The van der Waals surface area contributed by atoms with Crippen LogP contribution in [0.4, 0.5) is 5.69 Å². The van der Waals surface area contributed by atoms with Crippen LogP contribution in [0.15, 0.2) is 28.8 Å². The second kappa shape index (κ2) is 5.22. The van der Waals surface area contributed by atoms with Crippen LogP contribution in [0.2, 0.25) is 0 Å². The van der Waals surface area contributed by atoms with Crippen molar-refractivity contribution >= 4 is 5.69 Å². The molecule has 0 bridgehead atoms. The number of para-hydroxylation sites is 1. The molecule has 0 saturated carbocycles. The van der Waals surface area contributed by atoms with Crippen molar-refractivity contribution in [3.05, 3.63) is 30.1 Å². The van der Waals surface area contributed by atoms with Gasteiger partial charge in [-0.2, -0.15) is 4.98 Å². The van der Waals surface area contributed by atoms with Crippen molar-refractivity contribution in [2.75, 3.05) is 39.5 Å². The molecule has 2 aromatic rings. The lowest BCUT2D eigenvalue weighted by atomic mass is 10.1. The molecule has 0 aliphatic carbocycles. The van der Waals surface area contributed by atoms with E-state index in [0.717, 1.165) is 31.0 Å². The van der Waals surface area contributed by atoms with Gasteiger partial charge >= 0.3 is 0 Å². The van der Waals surface area contributed by atoms with E-state index >= 15 is 0 Å². The first kappa shape index (κ1) is 13.1. The van der Waals surface area contributed by atoms with Crippen molar-refractivity contribution in [3.8, 4) is 11.5 Å². The van der Waals surface area contributed by atoms with E-state index in [1.165, 1.54) is 0 Å². The van der Waals surface area contributed by atoms with Gasteiger partial charge in [-0.3, -0.25) is 4.90 Å². The molecule has 6 heteroatoms. The van der Waals surface area contributed by atoms with E-state index in [2.05, 4.69) is 34.0 Å². The fourth-order valence-corrected chi connectivity index (χ4v) is 2.46. The van der Waals surface area contributed by atoms with Crippen LogP contribution in [-0.4, -0.2) is 53.7 Å². The number of rotatable bonds is 2. The zero-order valence-electron chi connectivity index (χ0n) is 11.8. The van der Waals surface area contributed by atoms with E-state index in [4.69, 9.17) is 10.3 Å². The van der Waals surface area contributed by atoms with Crippen LogP contribution < -0.4 is 5.73 Å². The summed E-state index contributed by atoms with van der Waals surface area (Å²) < 4.78 is 5.38. The van der Waals surface area contributed by atoms with E-state index in [0.29, 0.717) is 11.6 Å². The molecule has 1 aromatic heterocycles. The minimum absolute atomic E-state index is 0.163. The van der Waals surface area contributed by atoms with Gasteiger partial charge in [0.1, 0.15) is 0 Å². The standard InChI is InChI=1S/C14H19N5O/c1-18-7-8-19(2)12(9-18)13-16-14(20-17-13)10-5-3-4-6-11(10)15/h3-6,12H,7-9,15H2,1-2H3. The number of nitrogens with two attached hydrogens (primary N) is 1. The number of hydrogen-bond acceptors (Lipinski definition) is 6. The van der Waals surface area contributed by atoms with Gasteiger partial charge in [0.2, 0.25) is 0 Å². The number of nitrogen functional groups attached to an aromatic ring is 1. The van der Waals surface area contributed by atoms with E-state index in [9.17, 15) is 0 Å². The average molecular weight is 273 g/mol. The average Bonchev–Trinajstić information content (AvgIpc) is 2.91. The lowest BCUT2D eigenvalue weighted by Crippen LogP contribution is -2.45. The van der Waals surface area contributed by atoms with Gasteiger partial charge in [0.15, 0.2) is 5.82 Å². The summed E-state index contributed by atoms with van der Waals surface area (Å²) in [5, 5.41) is 4.13. The van der Waals surface area contributed by atoms with E-state index in [-0.39, 0.29) is 6.04 Å². The zero-order valence-corrected chi connectivity index (χ0v) is 11.8. The molecule has 106 valence electrons. The maximum absolute atomic E-state index is 5.94. The third-order valence-electron chi connectivity index (χ3n) is 3.78. The molecule has 2 N–H and O–H groups in total. The fraction of sp³-hybridized carbons (Fsp3) is 0.429. The van der Waals surface area contributed by atoms with Crippen LogP contribution in [-0.2, 0) is 0 Å². The molecule has 1 unspecified atom stereocenters. The Labute approximate surface area is 118 Å². The molecule has 0 amide bonds. The fourth-order valence-electron chi connectivity index (χ4n) is 2.46. The Morgan fingerprint density at radius 3 is 2.85 bits per heavy atom. The van der Waals surface area contributed by atoms with E-state index in [1.807, 2.05) is 24.3 Å². The molecule has 0 spiro atoms. The number of aromatic nitrogens is 2. The Morgan fingerprint density at radius 1 is 1.25 bits per heavy atom. The van der Waals surface area contributed by atoms with Crippen LogP contribution in [0.3, 0.4) is 0 Å². The van der Waals surface area contributed by atoms with Gasteiger partial charge < -0.3 is 15.2 Å². The van der Waals surface area contributed by atoms with Gasteiger partial charge in [-0.05, 0) is 26.2 Å². The summed E-state index contributed by atoms with van der Waals surface area (Å²) in [5.41, 5.74) is 7.38. The number of nitrogens with zero attached hydrogens (tertiary/aromatic N) is 4. The highest BCUT2D eigenvalue weighted by molar-refractivity contribution is 5.69. The monoisotopic (exact) mass is 273 g/mol. The van der Waals surface area contributed by atoms with Crippen LogP contribution >= 0.6 is 0 Å². The number of likely N-dealkylation sites (N-methyl/N-ethyl adjacent to an activating group) is 2. The van der Waals surface area contributed by atoms with Crippen molar-refractivity contribution in [2.24, 2.45) is 0 Å². The molecule has 1 aliphatic rings. The highest BCUT2D eigenvalue weighted by Gasteiger charge is 2.28. The first-order valence-corrected chi connectivity index (χ1v) is 6.72. The molecule has 1 aromatic carbocycles. The Bertz CT molecular complexity index is 597. The topological polar surface area (TPSA) is 71.4 Å². The summed E-state index contributed by atoms with van der Waals surface area (Å²) in [7, 11) is 4.20. The van der Waals surface area contributed by atoms with Crippen LogP contribution in [0, 0.1) is 0 Å². The molecule has 1 aliphatic heterocycles. The Balaban J connectivity index is 1.88. The van der Waals surface area contributed by atoms with Crippen LogP contribution in [0.5, 0.6) is 0 Å².